The van der Waals surface area contributed by atoms with Crippen molar-refractivity contribution >= 4 is 33.2 Å². The molecule has 0 fully saturated rings. The third-order valence-corrected chi connectivity index (χ3v) is 5.62. The topological polar surface area (TPSA) is 56.2 Å². The Bertz CT molecular complexity index is 904. The van der Waals surface area contributed by atoms with Gasteiger partial charge in [0.05, 0.1) is 27.8 Å². The van der Waals surface area contributed by atoms with Crippen LogP contribution in [0.3, 0.4) is 0 Å². The van der Waals surface area contributed by atoms with Crippen LogP contribution < -0.4 is 10.1 Å². The van der Waals surface area contributed by atoms with Crippen molar-refractivity contribution in [3.63, 3.8) is 0 Å². The van der Waals surface area contributed by atoms with Crippen LogP contribution in [-0.2, 0) is 19.7 Å². The smallest absolute Gasteiger partial charge is 0.261 e. The lowest BCUT2D eigenvalue weighted by Gasteiger charge is -2.07. The van der Waals surface area contributed by atoms with E-state index in [2.05, 4.69) is 26.3 Å². The summed E-state index contributed by atoms with van der Waals surface area (Å²) in [7, 11) is 0. The molecular formula is C19H20BrN3O2S. The highest BCUT2D eigenvalue weighted by atomic mass is 79.9. The van der Waals surface area contributed by atoms with Crippen molar-refractivity contribution in [2.24, 2.45) is 0 Å². The van der Waals surface area contributed by atoms with Gasteiger partial charge in [0.1, 0.15) is 12.4 Å². The molecule has 0 saturated heterocycles. The summed E-state index contributed by atoms with van der Waals surface area (Å²) in [5.74, 6) is 0.773. The number of hydrogen-bond donors (Lipinski definition) is 1. The molecule has 0 aliphatic heterocycles. The van der Waals surface area contributed by atoms with E-state index in [0.717, 1.165) is 33.6 Å². The standard InChI is InChI=1S/C19H20BrN3O2S/c1-3-23-16(15(20)9-22-23)10-21-19(24)18-8-14(12-26-18)11-25-17-7-5-4-6-13(17)2/h4-9,12H,3,10-11H2,1-2H3,(H,21,24). The molecule has 7 heteroatoms. The third-order valence-electron chi connectivity index (χ3n) is 3.98. The lowest BCUT2D eigenvalue weighted by Crippen LogP contribution is -2.23. The largest absolute Gasteiger partial charge is 0.489 e. The highest BCUT2D eigenvalue weighted by molar-refractivity contribution is 9.10. The molecule has 0 aliphatic rings. The van der Waals surface area contributed by atoms with Crippen molar-refractivity contribution in [1.82, 2.24) is 15.1 Å². The second kappa shape index (κ2) is 8.51. The first kappa shape index (κ1) is 18.7. The van der Waals surface area contributed by atoms with E-state index < -0.39 is 0 Å². The Morgan fingerprint density at radius 1 is 1.38 bits per heavy atom. The molecule has 3 rings (SSSR count). The molecule has 0 aliphatic carbocycles. The number of benzene rings is 1. The third kappa shape index (κ3) is 4.34. The van der Waals surface area contributed by atoms with Crippen molar-refractivity contribution in [3.8, 4) is 5.75 Å². The summed E-state index contributed by atoms with van der Waals surface area (Å²) in [5.41, 5.74) is 3.04. The monoisotopic (exact) mass is 433 g/mol. The average molecular weight is 434 g/mol. The number of nitrogens with one attached hydrogen (secondary N) is 1. The van der Waals surface area contributed by atoms with Crippen LogP contribution >= 0.6 is 27.3 Å². The number of para-hydroxylation sites is 1. The summed E-state index contributed by atoms with van der Waals surface area (Å²) in [5, 5.41) is 9.16. The van der Waals surface area contributed by atoms with Gasteiger partial charge in [-0.25, -0.2) is 0 Å². The lowest BCUT2D eigenvalue weighted by atomic mass is 10.2. The molecule has 136 valence electrons. The van der Waals surface area contributed by atoms with Crippen LogP contribution in [0.1, 0.15) is 33.4 Å². The van der Waals surface area contributed by atoms with E-state index in [-0.39, 0.29) is 5.91 Å². The Labute approximate surface area is 165 Å². The maximum absolute atomic E-state index is 12.4. The summed E-state index contributed by atoms with van der Waals surface area (Å²) < 4.78 is 8.60. The predicted molar refractivity (Wildman–Crippen MR) is 107 cm³/mol. The van der Waals surface area contributed by atoms with Gasteiger partial charge in [-0.2, -0.15) is 5.10 Å². The lowest BCUT2D eigenvalue weighted by molar-refractivity contribution is 0.0954. The van der Waals surface area contributed by atoms with Gasteiger partial charge in [0.25, 0.3) is 5.91 Å². The van der Waals surface area contributed by atoms with E-state index in [0.29, 0.717) is 18.0 Å². The molecule has 1 aromatic carbocycles. The molecule has 5 nitrogen and oxygen atoms in total. The van der Waals surface area contributed by atoms with Crippen LogP contribution in [0.15, 0.2) is 46.4 Å². The van der Waals surface area contributed by atoms with E-state index in [4.69, 9.17) is 4.74 Å². The molecule has 0 atom stereocenters. The average Bonchev–Trinajstić information content (AvgIpc) is 3.25. The number of hydrogen-bond acceptors (Lipinski definition) is 4. The number of carbonyl (C=O) groups excluding carboxylic acids is 1. The zero-order valence-corrected chi connectivity index (χ0v) is 17.1. The molecule has 1 amide bonds. The fourth-order valence-corrected chi connectivity index (χ4v) is 3.79. The molecule has 0 spiro atoms. The number of aryl methyl sites for hydroxylation is 2. The summed E-state index contributed by atoms with van der Waals surface area (Å²) in [4.78, 5) is 13.1. The molecule has 0 radical (unpaired) electrons. The zero-order chi connectivity index (χ0) is 18.5. The Balaban J connectivity index is 1.58. The number of rotatable bonds is 7. The van der Waals surface area contributed by atoms with Crippen LogP contribution in [0.2, 0.25) is 0 Å². The van der Waals surface area contributed by atoms with Gasteiger partial charge in [-0.15, -0.1) is 11.3 Å². The first-order chi connectivity index (χ1) is 12.6. The number of aromatic nitrogens is 2. The quantitative estimate of drug-likeness (QED) is 0.594. The maximum atomic E-state index is 12.4. The van der Waals surface area contributed by atoms with Gasteiger partial charge >= 0.3 is 0 Å². The zero-order valence-electron chi connectivity index (χ0n) is 14.7. The van der Waals surface area contributed by atoms with Crippen LogP contribution in [0, 0.1) is 6.92 Å². The predicted octanol–water partition coefficient (Wildman–Crippen LogP) is 4.54. The van der Waals surface area contributed by atoms with Crippen molar-refractivity contribution in [3.05, 3.63) is 68.1 Å². The first-order valence-corrected chi connectivity index (χ1v) is 10.00. The fraction of sp³-hybridized carbons (Fsp3) is 0.263. The molecule has 0 bridgehead atoms. The normalized spacial score (nSPS) is 10.7. The first-order valence-electron chi connectivity index (χ1n) is 8.32. The van der Waals surface area contributed by atoms with Gasteiger partial charge in [0.15, 0.2) is 0 Å². The van der Waals surface area contributed by atoms with Crippen molar-refractivity contribution in [2.75, 3.05) is 0 Å². The maximum Gasteiger partial charge on any atom is 0.261 e. The Morgan fingerprint density at radius 3 is 2.96 bits per heavy atom. The van der Waals surface area contributed by atoms with E-state index in [1.54, 1.807) is 6.20 Å². The van der Waals surface area contributed by atoms with Crippen molar-refractivity contribution < 1.29 is 9.53 Å². The molecule has 1 N–H and O–H groups in total. The van der Waals surface area contributed by atoms with Crippen LogP contribution in [0.4, 0.5) is 0 Å². The Hall–Kier alpha value is -2.12. The van der Waals surface area contributed by atoms with Gasteiger partial charge in [0.2, 0.25) is 0 Å². The summed E-state index contributed by atoms with van der Waals surface area (Å²) in [6.07, 6.45) is 1.75. The SMILES string of the molecule is CCn1ncc(Br)c1CNC(=O)c1cc(COc2ccccc2C)cs1. The van der Waals surface area contributed by atoms with Gasteiger partial charge in [-0.1, -0.05) is 18.2 Å². The number of ether oxygens (including phenoxy) is 1. The minimum Gasteiger partial charge on any atom is -0.489 e. The van der Waals surface area contributed by atoms with Crippen LogP contribution in [-0.4, -0.2) is 15.7 Å². The van der Waals surface area contributed by atoms with Gasteiger partial charge in [-0.05, 0) is 52.9 Å². The summed E-state index contributed by atoms with van der Waals surface area (Å²) >= 11 is 4.89. The summed E-state index contributed by atoms with van der Waals surface area (Å²) in [6.45, 7) is 5.67. The highest BCUT2D eigenvalue weighted by Crippen LogP contribution is 2.21. The minimum atomic E-state index is -0.0899. The second-order valence-electron chi connectivity index (χ2n) is 5.81. The number of halogens is 1. The van der Waals surface area contributed by atoms with E-state index in [1.165, 1.54) is 11.3 Å². The summed E-state index contributed by atoms with van der Waals surface area (Å²) in [6, 6.07) is 9.78. The molecule has 2 aromatic heterocycles. The van der Waals surface area contributed by atoms with Crippen LogP contribution in [0.25, 0.3) is 0 Å². The number of nitrogens with zero attached hydrogens (tertiary/aromatic N) is 2. The molecule has 0 saturated carbocycles. The van der Waals surface area contributed by atoms with E-state index in [1.807, 2.05) is 54.2 Å². The van der Waals surface area contributed by atoms with Gasteiger partial charge in [-0.3, -0.25) is 9.48 Å². The number of thiophene rings is 1. The Morgan fingerprint density at radius 2 is 2.19 bits per heavy atom. The number of carbonyl (C=O) groups is 1. The van der Waals surface area contributed by atoms with Gasteiger partial charge in [0, 0.05) is 12.1 Å². The van der Waals surface area contributed by atoms with Crippen LogP contribution in [0.5, 0.6) is 5.75 Å². The van der Waals surface area contributed by atoms with E-state index in [9.17, 15) is 4.79 Å². The van der Waals surface area contributed by atoms with Crippen molar-refractivity contribution in [2.45, 2.75) is 33.5 Å². The number of amides is 1. The molecule has 2 heterocycles. The second-order valence-corrected chi connectivity index (χ2v) is 7.58. The molecule has 0 unspecified atom stereocenters. The highest BCUT2D eigenvalue weighted by Gasteiger charge is 2.13. The minimum absolute atomic E-state index is 0.0899. The van der Waals surface area contributed by atoms with E-state index >= 15 is 0 Å². The van der Waals surface area contributed by atoms with Crippen molar-refractivity contribution in [1.29, 1.82) is 0 Å². The fourth-order valence-electron chi connectivity index (χ4n) is 2.54. The molecular weight excluding hydrogens is 414 g/mol. The Kier molecular flexibility index (Phi) is 6.11. The molecule has 3 aromatic rings. The van der Waals surface area contributed by atoms with Gasteiger partial charge < -0.3 is 10.1 Å². The molecule has 26 heavy (non-hydrogen) atoms.